The summed E-state index contributed by atoms with van der Waals surface area (Å²) in [5.74, 6) is 2.59. The summed E-state index contributed by atoms with van der Waals surface area (Å²) in [5, 5.41) is 3.45. The number of hydrogen-bond donors (Lipinski definition) is 1. The Balaban J connectivity index is 1.79. The number of nitrogens with one attached hydrogen (secondary N) is 1. The fraction of sp³-hybridized carbons (Fsp3) is 0.304. The zero-order valence-corrected chi connectivity index (χ0v) is 16.6. The van der Waals surface area contributed by atoms with Gasteiger partial charge in [0.1, 0.15) is 17.5 Å². The molecule has 1 aromatic heterocycles. The highest BCUT2D eigenvalue weighted by Gasteiger charge is 2.14. The zero-order valence-electron chi connectivity index (χ0n) is 16.6. The fourth-order valence-corrected chi connectivity index (χ4v) is 3.11. The maximum atomic E-state index is 4.70. The van der Waals surface area contributed by atoms with E-state index in [0.29, 0.717) is 6.04 Å². The quantitative estimate of drug-likeness (QED) is 0.635. The first-order chi connectivity index (χ1) is 13.0. The molecule has 4 heteroatoms. The predicted molar refractivity (Wildman–Crippen MR) is 113 cm³/mol. The Hall–Kier alpha value is -2.88. The lowest BCUT2D eigenvalue weighted by molar-refractivity contribution is 0.669. The normalized spacial score (nSPS) is 10.9. The van der Waals surface area contributed by atoms with E-state index in [-0.39, 0.29) is 0 Å². The molecule has 140 valence electrons. The van der Waals surface area contributed by atoms with Crippen molar-refractivity contribution in [2.45, 2.75) is 46.8 Å². The standard InChI is InChI=1S/C23H28N4/c1-17(2)27(16-20-10-6-5-7-11-20)23-14-22(25-19(4)26-23)24-15-21-12-8-9-18(3)13-21/h5-14,17H,15-16H2,1-4H3,(H,24,25,26). The highest BCUT2D eigenvalue weighted by molar-refractivity contribution is 5.50. The molecular weight excluding hydrogens is 332 g/mol. The highest BCUT2D eigenvalue weighted by atomic mass is 15.2. The molecule has 0 amide bonds. The van der Waals surface area contributed by atoms with Gasteiger partial charge in [-0.05, 0) is 38.8 Å². The lowest BCUT2D eigenvalue weighted by Gasteiger charge is -2.28. The highest BCUT2D eigenvalue weighted by Crippen LogP contribution is 2.21. The molecule has 1 N–H and O–H groups in total. The minimum absolute atomic E-state index is 0.337. The Kier molecular flexibility index (Phi) is 6.07. The van der Waals surface area contributed by atoms with Crippen LogP contribution in [0, 0.1) is 13.8 Å². The molecular formula is C23H28N4. The van der Waals surface area contributed by atoms with E-state index in [4.69, 9.17) is 4.98 Å². The summed E-state index contributed by atoms with van der Waals surface area (Å²) in [6.07, 6.45) is 0. The van der Waals surface area contributed by atoms with Crippen LogP contribution in [0.4, 0.5) is 11.6 Å². The molecule has 1 heterocycles. The van der Waals surface area contributed by atoms with Crippen molar-refractivity contribution in [2.75, 3.05) is 10.2 Å². The first-order valence-corrected chi connectivity index (χ1v) is 9.47. The third-order valence-electron chi connectivity index (χ3n) is 4.49. The van der Waals surface area contributed by atoms with Gasteiger partial charge in [0.05, 0.1) is 0 Å². The van der Waals surface area contributed by atoms with Gasteiger partial charge in [-0.15, -0.1) is 0 Å². The maximum Gasteiger partial charge on any atom is 0.134 e. The van der Waals surface area contributed by atoms with Crippen molar-refractivity contribution in [3.63, 3.8) is 0 Å². The van der Waals surface area contributed by atoms with Gasteiger partial charge in [0.15, 0.2) is 0 Å². The van der Waals surface area contributed by atoms with E-state index in [1.807, 2.05) is 19.1 Å². The molecule has 0 radical (unpaired) electrons. The van der Waals surface area contributed by atoms with Crippen LogP contribution in [0.15, 0.2) is 60.7 Å². The van der Waals surface area contributed by atoms with Crippen molar-refractivity contribution < 1.29 is 0 Å². The molecule has 3 aromatic rings. The first kappa shape index (κ1) is 18.9. The molecule has 0 atom stereocenters. The minimum atomic E-state index is 0.337. The second-order valence-electron chi connectivity index (χ2n) is 7.21. The Morgan fingerprint density at radius 2 is 1.63 bits per heavy atom. The Bertz CT molecular complexity index is 875. The van der Waals surface area contributed by atoms with Gasteiger partial charge < -0.3 is 10.2 Å². The van der Waals surface area contributed by atoms with Crippen LogP contribution >= 0.6 is 0 Å². The molecule has 0 aliphatic rings. The van der Waals surface area contributed by atoms with E-state index in [9.17, 15) is 0 Å². The van der Waals surface area contributed by atoms with Gasteiger partial charge in [-0.2, -0.15) is 0 Å². The summed E-state index contributed by atoms with van der Waals surface area (Å²) in [6, 6.07) is 21.4. The van der Waals surface area contributed by atoms with Crippen LogP contribution in [0.5, 0.6) is 0 Å². The smallest absolute Gasteiger partial charge is 0.134 e. The Morgan fingerprint density at radius 3 is 2.33 bits per heavy atom. The molecule has 3 rings (SSSR count). The van der Waals surface area contributed by atoms with E-state index >= 15 is 0 Å². The van der Waals surface area contributed by atoms with Gasteiger partial charge in [-0.3, -0.25) is 0 Å². The number of aryl methyl sites for hydroxylation is 2. The molecule has 0 bridgehead atoms. The van der Waals surface area contributed by atoms with Crippen LogP contribution in [-0.4, -0.2) is 16.0 Å². The van der Waals surface area contributed by atoms with E-state index < -0.39 is 0 Å². The molecule has 4 nitrogen and oxygen atoms in total. The molecule has 0 fully saturated rings. The summed E-state index contributed by atoms with van der Waals surface area (Å²) >= 11 is 0. The summed E-state index contributed by atoms with van der Waals surface area (Å²) in [4.78, 5) is 11.6. The number of hydrogen-bond acceptors (Lipinski definition) is 4. The van der Waals surface area contributed by atoms with Gasteiger partial charge in [0.25, 0.3) is 0 Å². The second kappa shape index (κ2) is 8.67. The molecule has 0 saturated heterocycles. The van der Waals surface area contributed by atoms with Crippen molar-refractivity contribution in [2.24, 2.45) is 0 Å². The molecule has 0 aliphatic heterocycles. The van der Waals surface area contributed by atoms with Gasteiger partial charge in [-0.25, -0.2) is 9.97 Å². The molecule has 27 heavy (non-hydrogen) atoms. The second-order valence-corrected chi connectivity index (χ2v) is 7.21. The van der Waals surface area contributed by atoms with Gasteiger partial charge in [0, 0.05) is 25.2 Å². The molecule has 0 spiro atoms. The van der Waals surface area contributed by atoms with Gasteiger partial charge in [-0.1, -0.05) is 60.2 Å². The lowest BCUT2D eigenvalue weighted by Crippen LogP contribution is -2.31. The van der Waals surface area contributed by atoms with E-state index in [2.05, 4.69) is 84.5 Å². The number of aromatic nitrogens is 2. The minimum Gasteiger partial charge on any atom is -0.366 e. The van der Waals surface area contributed by atoms with Crippen LogP contribution in [0.25, 0.3) is 0 Å². The molecule has 0 aliphatic carbocycles. The molecule has 0 unspecified atom stereocenters. The summed E-state index contributed by atoms with van der Waals surface area (Å²) in [7, 11) is 0. The predicted octanol–water partition coefficient (Wildman–Crippen LogP) is 5.12. The lowest BCUT2D eigenvalue weighted by atomic mass is 10.1. The van der Waals surface area contributed by atoms with Crippen LogP contribution in [0.2, 0.25) is 0 Å². The summed E-state index contributed by atoms with van der Waals surface area (Å²) in [5.41, 5.74) is 3.79. The van der Waals surface area contributed by atoms with Crippen LogP contribution < -0.4 is 10.2 Å². The van der Waals surface area contributed by atoms with Crippen LogP contribution in [0.1, 0.15) is 36.4 Å². The monoisotopic (exact) mass is 360 g/mol. The largest absolute Gasteiger partial charge is 0.366 e. The number of anilines is 2. The first-order valence-electron chi connectivity index (χ1n) is 9.47. The van der Waals surface area contributed by atoms with Gasteiger partial charge in [0.2, 0.25) is 0 Å². The molecule has 2 aromatic carbocycles. The number of rotatable bonds is 7. The van der Waals surface area contributed by atoms with E-state index in [0.717, 1.165) is 30.5 Å². The summed E-state index contributed by atoms with van der Waals surface area (Å²) < 4.78 is 0. The van der Waals surface area contributed by atoms with Crippen molar-refractivity contribution in [3.8, 4) is 0 Å². The third kappa shape index (κ3) is 5.30. The maximum absolute atomic E-state index is 4.70. The number of benzene rings is 2. The third-order valence-corrected chi connectivity index (χ3v) is 4.49. The Labute approximate surface area is 162 Å². The van der Waals surface area contributed by atoms with Gasteiger partial charge >= 0.3 is 0 Å². The fourth-order valence-electron chi connectivity index (χ4n) is 3.11. The number of nitrogens with zero attached hydrogens (tertiary/aromatic N) is 3. The Morgan fingerprint density at radius 1 is 0.889 bits per heavy atom. The van der Waals surface area contributed by atoms with E-state index in [1.54, 1.807) is 0 Å². The van der Waals surface area contributed by atoms with Crippen molar-refractivity contribution >= 4 is 11.6 Å². The van der Waals surface area contributed by atoms with Crippen molar-refractivity contribution in [1.82, 2.24) is 9.97 Å². The average molecular weight is 361 g/mol. The van der Waals surface area contributed by atoms with Crippen LogP contribution in [0.3, 0.4) is 0 Å². The van der Waals surface area contributed by atoms with E-state index in [1.165, 1.54) is 16.7 Å². The van der Waals surface area contributed by atoms with Crippen LogP contribution in [-0.2, 0) is 13.1 Å². The molecule has 0 saturated carbocycles. The summed E-state index contributed by atoms with van der Waals surface area (Å²) in [6.45, 7) is 10.0. The van der Waals surface area contributed by atoms with Crippen molar-refractivity contribution in [1.29, 1.82) is 0 Å². The topological polar surface area (TPSA) is 41.0 Å². The zero-order chi connectivity index (χ0) is 19.2. The SMILES string of the molecule is Cc1cccc(CNc2cc(N(Cc3ccccc3)C(C)C)nc(C)n2)c1. The van der Waals surface area contributed by atoms with Crippen molar-refractivity contribution in [3.05, 3.63) is 83.2 Å². The average Bonchev–Trinajstić information content (AvgIpc) is 2.65.